The predicted molar refractivity (Wildman–Crippen MR) is 74.4 cm³/mol. The van der Waals surface area contributed by atoms with E-state index in [0.717, 1.165) is 22.8 Å². The first-order valence-electron chi connectivity index (χ1n) is 5.90. The number of hydrogen-bond donors (Lipinski definition) is 1. The number of benzene rings is 1. The van der Waals surface area contributed by atoms with Gasteiger partial charge in [-0.15, -0.1) is 0 Å². The largest absolute Gasteiger partial charge is 0.469 e. The van der Waals surface area contributed by atoms with Crippen molar-refractivity contribution in [1.29, 1.82) is 0 Å². The van der Waals surface area contributed by atoms with E-state index < -0.39 is 17.2 Å². The average Bonchev–Trinajstić information content (AvgIpc) is 2.87. The number of ether oxygens (including phenoxy) is 2. The van der Waals surface area contributed by atoms with E-state index in [-0.39, 0.29) is 6.42 Å². The third-order valence-corrected chi connectivity index (χ3v) is 3.73. The molecule has 0 radical (unpaired) electrons. The van der Waals surface area contributed by atoms with Crippen LogP contribution in [0.3, 0.4) is 0 Å². The highest BCUT2D eigenvalue weighted by Gasteiger charge is 2.25. The predicted octanol–water partition coefficient (Wildman–Crippen LogP) is 1.76. The first-order valence-corrected chi connectivity index (χ1v) is 6.78. The van der Waals surface area contributed by atoms with Crippen molar-refractivity contribution in [2.75, 3.05) is 14.2 Å². The van der Waals surface area contributed by atoms with E-state index in [2.05, 4.69) is 14.7 Å². The molecule has 1 aromatic heterocycles. The van der Waals surface area contributed by atoms with Crippen molar-refractivity contribution in [3.8, 4) is 0 Å². The minimum atomic E-state index is -0.687. The van der Waals surface area contributed by atoms with Crippen molar-refractivity contribution < 1.29 is 19.1 Å². The molecule has 106 valence electrons. The monoisotopic (exact) mass is 294 g/mol. The molecule has 0 saturated carbocycles. The number of methoxy groups -OCH3 is 2. The maximum Gasteiger partial charge on any atom is 0.319 e. The van der Waals surface area contributed by atoms with Crippen molar-refractivity contribution in [2.45, 2.75) is 16.8 Å². The summed E-state index contributed by atoms with van der Waals surface area (Å²) in [6, 6.07) is 7.52. The lowest BCUT2D eigenvalue weighted by Crippen LogP contribution is -2.23. The van der Waals surface area contributed by atoms with E-state index in [1.807, 2.05) is 24.3 Å². The Balaban J connectivity index is 2.17. The smallest absolute Gasteiger partial charge is 0.319 e. The van der Waals surface area contributed by atoms with Gasteiger partial charge in [-0.1, -0.05) is 23.9 Å². The van der Waals surface area contributed by atoms with Crippen LogP contribution in [0.4, 0.5) is 0 Å². The van der Waals surface area contributed by atoms with E-state index in [1.54, 1.807) is 0 Å². The highest BCUT2D eigenvalue weighted by atomic mass is 32.2. The van der Waals surface area contributed by atoms with Crippen molar-refractivity contribution >= 4 is 34.7 Å². The number of imidazole rings is 1. The maximum atomic E-state index is 11.7. The lowest BCUT2D eigenvalue weighted by molar-refractivity contribution is -0.146. The molecular weight excluding hydrogens is 280 g/mol. The molecule has 1 N–H and O–H groups in total. The van der Waals surface area contributed by atoms with Gasteiger partial charge in [0, 0.05) is 0 Å². The molecule has 0 aliphatic heterocycles. The standard InChI is InChI=1S/C13H14N2O4S/c1-18-11(16)7-10(12(17)19-2)20-13-14-8-5-3-4-6-9(8)15-13/h3-6,10H,7H2,1-2H3,(H,14,15). The number of fused-ring (bicyclic) bond motifs is 1. The normalized spacial score (nSPS) is 12.1. The Kier molecular flexibility index (Phi) is 4.62. The van der Waals surface area contributed by atoms with E-state index in [9.17, 15) is 9.59 Å². The van der Waals surface area contributed by atoms with E-state index >= 15 is 0 Å². The Labute approximate surface area is 119 Å². The molecule has 1 unspecified atom stereocenters. The number of aromatic nitrogens is 2. The summed E-state index contributed by atoms with van der Waals surface area (Å²) in [5.41, 5.74) is 1.67. The van der Waals surface area contributed by atoms with Gasteiger partial charge >= 0.3 is 11.9 Å². The highest BCUT2D eigenvalue weighted by Crippen LogP contribution is 2.26. The number of esters is 2. The molecular formula is C13H14N2O4S. The number of nitrogens with one attached hydrogen (secondary N) is 1. The fraction of sp³-hybridized carbons (Fsp3) is 0.308. The lowest BCUT2D eigenvalue weighted by atomic mass is 10.3. The summed E-state index contributed by atoms with van der Waals surface area (Å²) in [6.07, 6.45) is -0.0646. The minimum absolute atomic E-state index is 0.0646. The Bertz CT molecular complexity index is 593. The number of rotatable bonds is 5. The Morgan fingerprint density at radius 2 is 2.05 bits per heavy atom. The number of H-pyrrole nitrogens is 1. The quantitative estimate of drug-likeness (QED) is 0.668. The second-order valence-electron chi connectivity index (χ2n) is 3.97. The molecule has 0 fully saturated rings. The van der Waals surface area contributed by atoms with Crippen LogP contribution in [0.1, 0.15) is 6.42 Å². The zero-order chi connectivity index (χ0) is 14.5. The molecule has 20 heavy (non-hydrogen) atoms. The van der Waals surface area contributed by atoms with Crippen LogP contribution in [0.15, 0.2) is 29.4 Å². The number of carbonyl (C=O) groups is 2. The van der Waals surface area contributed by atoms with Crippen LogP contribution in [0.25, 0.3) is 11.0 Å². The molecule has 0 spiro atoms. The molecule has 0 saturated heterocycles. The summed E-state index contributed by atoms with van der Waals surface area (Å²) < 4.78 is 9.28. The molecule has 7 heteroatoms. The number of para-hydroxylation sites is 2. The zero-order valence-corrected chi connectivity index (χ0v) is 11.9. The summed E-state index contributed by atoms with van der Waals surface area (Å²) >= 11 is 1.15. The summed E-state index contributed by atoms with van der Waals surface area (Å²) in [5, 5.41) is -0.126. The van der Waals surface area contributed by atoms with Crippen molar-refractivity contribution in [3.05, 3.63) is 24.3 Å². The topological polar surface area (TPSA) is 81.3 Å². The SMILES string of the molecule is COC(=O)CC(Sc1nc2ccccc2[nH]1)C(=O)OC. The van der Waals surface area contributed by atoms with Crippen LogP contribution < -0.4 is 0 Å². The first-order chi connectivity index (χ1) is 9.63. The van der Waals surface area contributed by atoms with Gasteiger partial charge in [0.15, 0.2) is 5.16 Å². The van der Waals surface area contributed by atoms with Gasteiger partial charge in [-0.05, 0) is 12.1 Å². The molecule has 0 aliphatic carbocycles. The molecule has 1 aromatic carbocycles. The van der Waals surface area contributed by atoms with Crippen molar-refractivity contribution in [1.82, 2.24) is 9.97 Å². The number of nitrogens with zero attached hydrogens (tertiary/aromatic N) is 1. The average molecular weight is 294 g/mol. The fourth-order valence-corrected chi connectivity index (χ4v) is 2.66. The van der Waals surface area contributed by atoms with Gasteiger partial charge in [-0.25, -0.2) is 4.98 Å². The van der Waals surface area contributed by atoms with Crippen LogP contribution in [-0.2, 0) is 19.1 Å². The van der Waals surface area contributed by atoms with E-state index in [4.69, 9.17) is 4.74 Å². The Morgan fingerprint density at radius 3 is 2.70 bits per heavy atom. The summed E-state index contributed by atoms with van der Waals surface area (Å²) in [6.45, 7) is 0. The molecule has 1 heterocycles. The van der Waals surface area contributed by atoms with Crippen LogP contribution in [0.2, 0.25) is 0 Å². The summed E-state index contributed by atoms with van der Waals surface area (Å²) in [5.74, 6) is -0.954. The van der Waals surface area contributed by atoms with Crippen LogP contribution in [0.5, 0.6) is 0 Å². The van der Waals surface area contributed by atoms with Crippen molar-refractivity contribution in [3.63, 3.8) is 0 Å². The van der Waals surface area contributed by atoms with Gasteiger partial charge in [0.25, 0.3) is 0 Å². The maximum absolute atomic E-state index is 11.7. The number of thioether (sulfide) groups is 1. The molecule has 1 atom stereocenters. The molecule has 0 bridgehead atoms. The van der Waals surface area contributed by atoms with Crippen LogP contribution in [-0.4, -0.2) is 41.4 Å². The molecule has 2 rings (SSSR count). The van der Waals surface area contributed by atoms with Crippen molar-refractivity contribution in [2.24, 2.45) is 0 Å². The lowest BCUT2D eigenvalue weighted by Gasteiger charge is -2.11. The fourth-order valence-electron chi connectivity index (χ4n) is 1.66. The number of carbonyl (C=O) groups excluding carboxylic acids is 2. The van der Waals surface area contributed by atoms with Gasteiger partial charge in [0.2, 0.25) is 0 Å². The third-order valence-electron chi connectivity index (χ3n) is 2.67. The number of hydrogen-bond acceptors (Lipinski definition) is 6. The van der Waals surface area contributed by atoms with Gasteiger partial charge in [0.05, 0.1) is 31.7 Å². The second kappa shape index (κ2) is 6.42. The van der Waals surface area contributed by atoms with Gasteiger partial charge < -0.3 is 14.5 Å². The molecule has 2 aromatic rings. The Hall–Kier alpha value is -2.02. The Morgan fingerprint density at radius 1 is 1.30 bits per heavy atom. The second-order valence-corrected chi connectivity index (χ2v) is 5.16. The van der Waals surface area contributed by atoms with Gasteiger partial charge in [-0.3, -0.25) is 9.59 Å². The third kappa shape index (κ3) is 3.30. The number of aromatic amines is 1. The summed E-state index contributed by atoms with van der Waals surface area (Å²) in [7, 11) is 2.56. The zero-order valence-electron chi connectivity index (χ0n) is 11.1. The molecule has 0 amide bonds. The van der Waals surface area contributed by atoms with Crippen LogP contribution in [0, 0.1) is 0 Å². The van der Waals surface area contributed by atoms with E-state index in [0.29, 0.717) is 5.16 Å². The molecule has 0 aliphatic rings. The summed E-state index contributed by atoms with van der Waals surface area (Å²) in [4.78, 5) is 30.5. The van der Waals surface area contributed by atoms with Crippen LogP contribution >= 0.6 is 11.8 Å². The first kappa shape index (κ1) is 14.4. The minimum Gasteiger partial charge on any atom is -0.469 e. The molecule has 6 nitrogen and oxygen atoms in total. The van der Waals surface area contributed by atoms with Gasteiger partial charge in [0.1, 0.15) is 5.25 Å². The highest BCUT2D eigenvalue weighted by molar-refractivity contribution is 8.00. The van der Waals surface area contributed by atoms with Gasteiger partial charge in [-0.2, -0.15) is 0 Å². The van der Waals surface area contributed by atoms with E-state index in [1.165, 1.54) is 14.2 Å².